The van der Waals surface area contributed by atoms with Crippen LogP contribution >= 0.6 is 23.2 Å². The zero-order valence-electron chi connectivity index (χ0n) is 23.7. The van der Waals surface area contributed by atoms with Gasteiger partial charge in [-0.05, 0) is 36.8 Å². The summed E-state index contributed by atoms with van der Waals surface area (Å²) < 4.78 is 16.7. The highest BCUT2D eigenvalue weighted by Gasteiger charge is 2.35. The Kier molecular flexibility index (Phi) is 8.29. The van der Waals surface area contributed by atoms with Crippen molar-refractivity contribution in [3.63, 3.8) is 0 Å². The number of anilines is 2. The van der Waals surface area contributed by atoms with Gasteiger partial charge in [-0.1, -0.05) is 42.6 Å². The summed E-state index contributed by atoms with van der Waals surface area (Å²) in [4.78, 5) is 29.0. The second-order valence-corrected chi connectivity index (χ2v) is 11.8. The lowest BCUT2D eigenvalue weighted by Gasteiger charge is -2.36. The minimum absolute atomic E-state index is 0.196. The van der Waals surface area contributed by atoms with E-state index in [1.165, 1.54) is 25.3 Å². The monoisotopic (exact) mass is 612 g/mol. The minimum atomic E-state index is -0.252. The van der Waals surface area contributed by atoms with Crippen LogP contribution < -0.4 is 25.0 Å². The second kappa shape index (κ2) is 12.1. The van der Waals surface area contributed by atoms with Gasteiger partial charge in [0, 0.05) is 36.3 Å². The predicted octanol–water partition coefficient (Wildman–Crippen LogP) is 5.12. The summed E-state index contributed by atoms with van der Waals surface area (Å²) in [5.74, 6) is 3.21. The molecule has 42 heavy (non-hydrogen) atoms. The molecule has 1 aliphatic carbocycles. The number of hydrogen-bond acceptors (Lipinski definition) is 9. The van der Waals surface area contributed by atoms with Gasteiger partial charge in [0.2, 0.25) is 11.9 Å². The van der Waals surface area contributed by atoms with Gasteiger partial charge in [0.15, 0.2) is 5.82 Å². The molecule has 1 amide bonds. The van der Waals surface area contributed by atoms with E-state index in [1.54, 1.807) is 26.5 Å². The Bertz CT molecular complexity index is 1490. The molecule has 4 heterocycles. The molecule has 0 spiro atoms. The summed E-state index contributed by atoms with van der Waals surface area (Å²) in [6, 6.07) is 3.13. The summed E-state index contributed by atoms with van der Waals surface area (Å²) in [5, 5.41) is 7.76. The normalized spacial score (nSPS) is 23.5. The molecule has 3 fully saturated rings. The minimum Gasteiger partial charge on any atom is -0.495 e. The van der Waals surface area contributed by atoms with Crippen molar-refractivity contribution in [2.75, 3.05) is 50.7 Å². The first-order valence-corrected chi connectivity index (χ1v) is 15.0. The van der Waals surface area contributed by atoms with Crippen LogP contribution in [0.15, 0.2) is 31.0 Å². The summed E-state index contributed by atoms with van der Waals surface area (Å²) in [5.41, 5.74) is 1.83. The fourth-order valence-electron chi connectivity index (χ4n) is 6.42. The van der Waals surface area contributed by atoms with Crippen LogP contribution in [0.5, 0.6) is 11.5 Å². The van der Waals surface area contributed by atoms with Gasteiger partial charge < -0.3 is 29.7 Å². The summed E-state index contributed by atoms with van der Waals surface area (Å²) in [6.07, 6.45) is 7.94. The number of fused-ring (bicyclic) bond motifs is 2. The number of hydrogen-bond donors (Lipinski definition) is 2. The molecule has 1 saturated carbocycles. The van der Waals surface area contributed by atoms with Gasteiger partial charge in [0.05, 0.1) is 55.3 Å². The molecule has 4 atom stereocenters. The molecule has 12 heteroatoms. The van der Waals surface area contributed by atoms with Crippen LogP contribution in [-0.4, -0.2) is 73.5 Å². The number of nitrogens with zero attached hydrogens (tertiary/aromatic N) is 4. The Hall–Kier alpha value is -3.34. The van der Waals surface area contributed by atoms with E-state index in [9.17, 15) is 4.79 Å². The van der Waals surface area contributed by atoms with Gasteiger partial charge in [-0.2, -0.15) is 0 Å². The Morgan fingerprint density at radius 2 is 1.81 bits per heavy atom. The number of benzene rings is 1. The molecule has 222 valence electrons. The average Bonchev–Trinajstić information content (AvgIpc) is 3.65. The first-order valence-electron chi connectivity index (χ1n) is 14.2. The number of carbonyl (C=O) groups is 1. The molecule has 2 aromatic heterocycles. The first kappa shape index (κ1) is 28.8. The number of piperidine rings is 1. The van der Waals surface area contributed by atoms with Gasteiger partial charge in [0.1, 0.15) is 17.0 Å². The van der Waals surface area contributed by atoms with Crippen molar-refractivity contribution in [2.24, 2.45) is 11.8 Å². The third-order valence-electron chi connectivity index (χ3n) is 8.63. The van der Waals surface area contributed by atoms with E-state index in [4.69, 9.17) is 47.4 Å². The first-order chi connectivity index (χ1) is 20.4. The third-order valence-corrected chi connectivity index (χ3v) is 9.38. The summed E-state index contributed by atoms with van der Waals surface area (Å²) >= 11 is 13.6. The van der Waals surface area contributed by atoms with Crippen molar-refractivity contribution in [1.82, 2.24) is 20.3 Å². The van der Waals surface area contributed by atoms with E-state index in [2.05, 4.69) is 27.1 Å². The number of nitrogens with one attached hydrogen (secondary N) is 2. The summed E-state index contributed by atoms with van der Waals surface area (Å²) in [7, 11) is 3.10. The highest BCUT2D eigenvalue weighted by Crippen LogP contribution is 2.47. The quantitative estimate of drug-likeness (QED) is 0.335. The molecule has 10 nitrogen and oxygen atoms in total. The number of rotatable bonds is 8. The van der Waals surface area contributed by atoms with Gasteiger partial charge in [0.25, 0.3) is 0 Å². The number of ether oxygens (including phenoxy) is 3. The molecule has 2 unspecified atom stereocenters. The Morgan fingerprint density at radius 1 is 1.07 bits per heavy atom. The molecular formula is C30H34Cl2N6O4. The fourth-order valence-corrected chi connectivity index (χ4v) is 7.11. The molecule has 2 aliphatic heterocycles. The highest BCUT2D eigenvalue weighted by atomic mass is 35.5. The molecule has 2 N–H and O–H groups in total. The van der Waals surface area contributed by atoms with Crippen molar-refractivity contribution in [2.45, 2.75) is 37.8 Å². The van der Waals surface area contributed by atoms with Crippen LogP contribution in [0, 0.1) is 11.8 Å². The van der Waals surface area contributed by atoms with Crippen LogP contribution in [0.2, 0.25) is 10.0 Å². The molecule has 3 aliphatic rings. The maximum absolute atomic E-state index is 11.9. The van der Waals surface area contributed by atoms with Crippen LogP contribution in [0.3, 0.4) is 0 Å². The molecule has 3 aromatic rings. The maximum atomic E-state index is 11.9. The van der Waals surface area contributed by atoms with Crippen molar-refractivity contribution < 1.29 is 19.0 Å². The topological polar surface area (TPSA) is 111 Å². The number of halogens is 2. The molecule has 2 saturated heterocycles. The zero-order chi connectivity index (χ0) is 29.4. The van der Waals surface area contributed by atoms with Crippen LogP contribution in [0.1, 0.15) is 25.7 Å². The van der Waals surface area contributed by atoms with E-state index in [0.29, 0.717) is 57.9 Å². The lowest BCUT2D eigenvalue weighted by atomic mass is 9.88. The molecule has 0 radical (unpaired) electrons. The lowest BCUT2D eigenvalue weighted by Crippen LogP contribution is -2.45. The van der Waals surface area contributed by atoms with Crippen molar-refractivity contribution >= 4 is 51.8 Å². The van der Waals surface area contributed by atoms with E-state index in [1.807, 2.05) is 6.07 Å². The number of pyridine rings is 1. The predicted molar refractivity (Wildman–Crippen MR) is 164 cm³/mol. The Balaban J connectivity index is 1.43. The second-order valence-electron chi connectivity index (χ2n) is 11.0. The SMILES string of the molecule is C=CC(=O)N[C@H]1COC[C@H]1Nc1ncc2cc(-c3c(Cl)c(OC)cc(OC)c3Cl)nc(N3CCC4CCCC4C3)c2n1. The van der Waals surface area contributed by atoms with Gasteiger partial charge in [-0.15, -0.1) is 0 Å². The number of amides is 1. The third kappa shape index (κ3) is 5.43. The van der Waals surface area contributed by atoms with Gasteiger partial charge in [-0.3, -0.25) is 4.79 Å². The lowest BCUT2D eigenvalue weighted by molar-refractivity contribution is -0.117. The standard InChI is InChI=1S/C30H34Cl2N6O4/c1-4-24(39)34-20-14-42-15-21(20)36-30-33-12-18-10-19(25-26(31)22(40-2)11-23(41-3)27(25)32)35-29(28(18)37-30)38-9-8-16-6-5-7-17(16)13-38/h4,10-12,16-17,20-21H,1,5-9,13-15H2,2-3H3,(H,34,39)(H,33,36,37)/t16?,17?,20-,21+/m0/s1. The van der Waals surface area contributed by atoms with Crippen molar-refractivity contribution in [1.29, 1.82) is 0 Å². The van der Waals surface area contributed by atoms with Crippen molar-refractivity contribution in [3.05, 3.63) is 41.0 Å². The number of aromatic nitrogens is 3. The maximum Gasteiger partial charge on any atom is 0.243 e. The molecule has 0 bridgehead atoms. The van der Waals surface area contributed by atoms with Crippen molar-refractivity contribution in [3.8, 4) is 22.8 Å². The number of carbonyl (C=O) groups excluding carboxylic acids is 1. The molecular weight excluding hydrogens is 579 g/mol. The van der Waals surface area contributed by atoms with Crippen LogP contribution in [0.4, 0.5) is 11.8 Å². The molecule has 6 rings (SSSR count). The average molecular weight is 614 g/mol. The van der Waals surface area contributed by atoms with E-state index in [-0.39, 0.29) is 18.0 Å². The smallest absolute Gasteiger partial charge is 0.243 e. The van der Waals surface area contributed by atoms with E-state index in [0.717, 1.165) is 42.1 Å². The Morgan fingerprint density at radius 3 is 2.55 bits per heavy atom. The zero-order valence-corrected chi connectivity index (χ0v) is 25.2. The van der Waals surface area contributed by atoms with E-state index >= 15 is 0 Å². The van der Waals surface area contributed by atoms with Gasteiger partial charge in [-0.25, -0.2) is 15.0 Å². The fraction of sp³-hybridized carbons (Fsp3) is 0.467. The van der Waals surface area contributed by atoms with Crippen LogP contribution in [0.25, 0.3) is 22.2 Å². The highest BCUT2D eigenvalue weighted by molar-refractivity contribution is 6.41. The van der Waals surface area contributed by atoms with Crippen LogP contribution in [-0.2, 0) is 9.53 Å². The molecule has 1 aromatic carbocycles. The van der Waals surface area contributed by atoms with Gasteiger partial charge >= 0.3 is 0 Å². The number of methoxy groups -OCH3 is 2. The Labute approximate surface area is 254 Å². The summed E-state index contributed by atoms with van der Waals surface area (Å²) in [6.45, 7) is 6.14. The van der Waals surface area contributed by atoms with E-state index < -0.39 is 0 Å². The largest absolute Gasteiger partial charge is 0.495 e.